The second-order valence-corrected chi connectivity index (χ2v) is 16.0. The summed E-state index contributed by atoms with van der Waals surface area (Å²) in [5, 5.41) is 56.3. The molecule has 16 heteroatoms. The van der Waals surface area contributed by atoms with Crippen molar-refractivity contribution in [2.45, 2.75) is 79.8 Å². The maximum absolute atomic E-state index is 14.4. The van der Waals surface area contributed by atoms with Crippen molar-refractivity contribution in [3.05, 3.63) is 105 Å². The molecule has 6 heterocycles. The van der Waals surface area contributed by atoms with Gasteiger partial charge in [-0.2, -0.15) is 0 Å². The predicted molar refractivity (Wildman–Crippen MR) is 232 cm³/mol. The molecule has 5 N–H and O–H groups in total. The van der Waals surface area contributed by atoms with Crippen LogP contribution in [0.3, 0.4) is 0 Å². The van der Waals surface area contributed by atoms with Crippen molar-refractivity contribution in [2.24, 2.45) is 43.6 Å². The van der Waals surface area contributed by atoms with Gasteiger partial charge in [-0.3, -0.25) is 14.6 Å². The average Bonchev–Trinajstić information content (AvgIpc) is 3.93. The Balaban J connectivity index is 0.00000726. The summed E-state index contributed by atoms with van der Waals surface area (Å²) in [4.78, 5) is 50.6. The van der Waals surface area contributed by atoms with Crippen LogP contribution in [0.4, 0.5) is 5.82 Å². The minimum atomic E-state index is -1.10. The summed E-state index contributed by atoms with van der Waals surface area (Å²) in [6.07, 6.45) is 7.74. The van der Waals surface area contributed by atoms with Gasteiger partial charge in [-0.15, -0.1) is 5.76 Å². The third-order valence-corrected chi connectivity index (χ3v) is 11.9. The standard InChI is InChI=1S/C46H58N8O7.Pd/c1-8-30-24(2)33-21-38-42(28(6)56)26(4)35(52-38)19-34-25(3)31(13-14-40(58)50-22-29(57)23-55)44(53-34)32(18-41(59)61-7)45-43(27(5)36(54-45)20-37(30)51-33)46(60)49-17-11-16-48-39-12-9-10-15-47-39;/h9-10,12,15,19-21,24-25,29-31,51,55-57H,8,11,13-14,16-18,22-23H2,1-7H3,(H,47,48)(H,49,60)(H,50,58);/q;+2/p-2/b33-21?,34-19?,37-20?,42-28+,45-32?;/t24-,25+,29?,30-,31+;/m1./s1. The number of aliphatic hydroxyl groups excluding tert-OH is 2. The zero-order chi connectivity index (χ0) is 44.0. The number of allylic oxidation sites excluding steroid dienone is 10. The molecule has 1 saturated heterocycles. The number of nitrogens with zero attached hydrogens (tertiary/aromatic N) is 5. The Morgan fingerprint density at radius 3 is 2.45 bits per heavy atom. The van der Waals surface area contributed by atoms with Crippen molar-refractivity contribution in [2.75, 3.05) is 38.7 Å². The van der Waals surface area contributed by atoms with E-state index in [9.17, 15) is 30.0 Å². The van der Waals surface area contributed by atoms with E-state index in [0.29, 0.717) is 63.8 Å². The monoisotopic (exact) mass is 938 g/mol. The van der Waals surface area contributed by atoms with Crippen LogP contribution in [-0.4, -0.2) is 89.6 Å². The summed E-state index contributed by atoms with van der Waals surface area (Å²) in [6.45, 7) is 11.6. The average molecular weight is 939 g/mol. The summed E-state index contributed by atoms with van der Waals surface area (Å²) in [7, 11) is 1.29. The molecule has 1 amide bonds. The SMILES string of the molecule is CC[C@H]1C2=CC3=NC(=C(CC(=O)OC)C4=NC(=CC5=C(C)/C(=C(/C)[O-])C(=N5)C=C(N2)[C@@H]1C)[C@@H](C)[C@@H]4CCC(=O)NCC(O)CO)C(C([O-])=NCCCNc1ccccn1)=C3C.[Pd+2]. The van der Waals surface area contributed by atoms with Gasteiger partial charge in [0, 0.05) is 84.2 Å². The number of esters is 1. The molecule has 332 valence electrons. The number of carbonyl (C=O) groups is 2. The number of aliphatic hydroxyl groups is 2. The minimum Gasteiger partial charge on any atom is -0.875 e. The van der Waals surface area contributed by atoms with E-state index in [0.717, 1.165) is 23.6 Å². The molecule has 8 bridgehead atoms. The number of fused-ring (bicyclic) bond motifs is 5. The molecule has 6 rings (SSSR count). The molecular formula is C46H56N8O7Pd. The van der Waals surface area contributed by atoms with Gasteiger partial charge < -0.3 is 46.1 Å². The normalized spacial score (nSPS) is 23.4. The quantitative estimate of drug-likeness (QED) is 0.0430. The van der Waals surface area contributed by atoms with E-state index < -0.39 is 30.5 Å². The molecular weight excluding hydrogens is 883 g/mol. The van der Waals surface area contributed by atoms with Crippen molar-refractivity contribution in [3.63, 3.8) is 0 Å². The van der Waals surface area contributed by atoms with Crippen molar-refractivity contribution >= 4 is 40.7 Å². The number of hydrogen-bond acceptors (Lipinski definition) is 14. The van der Waals surface area contributed by atoms with E-state index in [1.165, 1.54) is 14.0 Å². The number of ether oxygens (including phenoxy) is 1. The maximum atomic E-state index is 14.4. The number of carbonyl (C=O) groups excluding carboxylic acids is 2. The first-order chi connectivity index (χ1) is 29.3. The van der Waals surface area contributed by atoms with Crippen molar-refractivity contribution in [1.29, 1.82) is 0 Å². The molecule has 5 atom stereocenters. The molecule has 62 heavy (non-hydrogen) atoms. The van der Waals surface area contributed by atoms with E-state index in [2.05, 4.69) is 39.8 Å². The van der Waals surface area contributed by atoms with Crippen LogP contribution in [0.2, 0.25) is 0 Å². The van der Waals surface area contributed by atoms with Gasteiger partial charge in [-0.1, -0.05) is 33.8 Å². The summed E-state index contributed by atoms with van der Waals surface area (Å²) in [5.41, 5.74) is 7.27. The second-order valence-electron chi connectivity index (χ2n) is 16.0. The number of rotatable bonds is 15. The molecule has 0 radical (unpaired) electrons. The number of amides is 1. The minimum absolute atomic E-state index is 0. The van der Waals surface area contributed by atoms with Gasteiger partial charge in [-0.05, 0) is 86.1 Å². The number of aliphatic imine (C=N–C) groups is 4. The fourth-order valence-electron chi connectivity index (χ4n) is 8.46. The topological polar surface area (TPSA) is 228 Å². The third kappa shape index (κ3) is 10.5. The molecule has 0 saturated carbocycles. The Bertz CT molecular complexity index is 2280. The summed E-state index contributed by atoms with van der Waals surface area (Å²) >= 11 is 0. The van der Waals surface area contributed by atoms with Crippen LogP contribution in [0, 0.1) is 23.7 Å². The molecule has 1 fully saturated rings. The molecule has 0 spiro atoms. The molecule has 1 aromatic rings. The largest absolute Gasteiger partial charge is 2.00 e. The van der Waals surface area contributed by atoms with Gasteiger partial charge in [0.05, 0.1) is 54.8 Å². The number of anilines is 1. The van der Waals surface area contributed by atoms with E-state index >= 15 is 0 Å². The summed E-state index contributed by atoms with van der Waals surface area (Å²) in [5.74, 6) is -1.44. The zero-order valence-electron chi connectivity index (χ0n) is 36.3. The molecule has 1 unspecified atom stereocenters. The van der Waals surface area contributed by atoms with Crippen LogP contribution in [0.25, 0.3) is 0 Å². The molecule has 15 nitrogen and oxygen atoms in total. The first-order valence-electron chi connectivity index (χ1n) is 21.0. The summed E-state index contributed by atoms with van der Waals surface area (Å²) < 4.78 is 5.23. The maximum Gasteiger partial charge on any atom is 2.00 e. The Labute approximate surface area is 376 Å². The number of aromatic nitrogens is 1. The zero-order valence-corrected chi connectivity index (χ0v) is 37.8. The predicted octanol–water partition coefficient (Wildman–Crippen LogP) is 3.48. The van der Waals surface area contributed by atoms with E-state index in [-0.39, 0.29) is 93.5 Å². The van der Waals surface area contributed by atoms with E-state index in [4.69, 9.17) is 19.7 Å². The first kappa shape index (κ1) is 47.8. The fourth-order valence-corrected chi connectivity index (χ4v) is 8.46. The van der Waals surface area contributed by atoms with Gasteiger partial charge >= 0.3 is 26.4 Å². The van der Waals surface area contributed by atoms with Crippen molar-refractivity contribution in [1.82, 2.24) is 15.6 Å². The Kier molecular flexibility index (Phi) is 16.3. The second kappa shape index (κ2) is 21.2. The third-order valence-electron chi connectivity index (χ3n) is 11.9. The van der Waals surface area contributed by atoms with E-state index in [1.54, 1.807) is 6.20 Å². The van der Waals surface area contributed by atoms with E-state index in [1.807, 2.05) is 57.2 Å². The number of nitrogens with one attached hydrogen (secondary N) is 3. The van der Waals surface area contributed by atoms with Gasteiger partial charge in [0.1, 0.15) is 5.82 Å². The molecule has 0 aromatic carbocycles. The summed E-state index contributed by atoms with van der Waals surface area (Å²) in [6, 6.07) is 5.58. The molecule has 5 aliphatic rings. The van der Waals surface area contributed by atoms with Crippen molar-refractivity contribution < 1.29 is 55.2 Å². The Hall–Kier alpha value is -5.27. The van der Waals surface area contributed by atoms with Gasteiger partial charge in [0.15, 0.2) is 0 Å². The molecule has 5 aliphatic heterocycles. The Morgan fingerprint density at radius 1 is 1.02 bits per heavy atom. The van der Waals surface area contributed by atoms with Crippen molar-refractivity contribution in [3.8, 4) is 0 Å². The fraction of sp³-hybridized carbons (Fsp3) is 0.457. The smallest absolute Gasteiger partial charge is 0.875 e. The number of hydrogen-bond donors (Lipinski definition) is 5. The van der Waals surface area contributed by atoms with Gasteiger partial charge in [-0.25, -0.2) is 15.0 Å². The number of methoxy groups -OCH3 is 1. The van der Waals surface area contributed by atoms with Crippen LogP contribution in [0.5, 0.6) is 0 Å². The Morgan fingerprint density at radius 2 is 1.77 bits per heavy atom. The van der Waals surface area contributed by atoms with Crippen LogP contribution in [0.15, 0.2) is 125 Å². The molecule has 0 aliphatic carbocycles. The van der Waals surface area contributed by atoms with Crippen LogP contribution in [-0.2, 0) is 34.7 Å². The van der Waals surface area contributed by atoms with Crippen LogP contribution < -0.4 is 26.2 Å². The number of pyridine rings is 1. The van der Waals surface area contributed by atoms with Gasteiger partial charge in [0.25, 0.3) is 0 Å². The van der Waals surface area contributed by atoms with Gasteiger partial charge in [0.2, 0.25) is 5.91 Å². The molecule has 1 aromatic heterocycles. The van der Waals surface area contributed by atoms with Crippen LogP contribution >= 0.6 is 0 Å². The first-order valence-corrected chi connectivity index (χ1v) is 21.0. The van der Waals surface area contributed by atoms with Crippen LogP contribution in [0.1, 0.15) is 73.6 Å².